The van der Waals surface area contributed by atoms with Gasteiger partial charge in [-0.05, 0) is 23.6 Å². The summed E-state index contributed by atoms with van der Waals surface area (Å²) in [5.74, 6) is 0.780. The molecule has 1 aromatic heterocycles. The van der Waals surface area contributed by atoms with Crippen molar-refractivity contribution in [2.75, 3.05) is 29.9 Å². The second kappa shape index (κ2) is 6.50. The van der Waals surface area contributed by atoms with Gasteiger partial charge in [0.2, 0.25) is 5.91 Å². The molecular weight excluding hydrogens is 298 g/mol. The van der Waals surface area contributed by atoms with Gasteiger partial charge in [0, 0.05) is 13.0 Å². The molecule has 0 fully saturated rings. The lowest BCUT2D eigenvalue weighted by molar-refractivity contribution is -0.116. The second-order valence-electron chi connectivity index (χ2n) is 4.88. The summed E-state index contributed by atoms with van der Waals surface area (Å²) in [6.07, 6.45) is 0.372. The molecule has 0 atom stereocenters. The van der Waals surface area contributed by atoms with Crippen LogP contribution in [-0.2, 0) is 4.79 Å². The van der Waals surface area contributed by atoms with Gasteiger partial charge in [-0.1, -0.05) is 12.1 Å². The second-order valence-corrected chi connectivity index (χ2v) is 5.79. The molecule has 1 amide bonds. The van der Waals surface area contributed by atoms with Crippen LogP contribution in [0, 0.1) is 11.3 Å². The van der Waals surface area contributed by atoms with E-state index < -0.39 is 0 Å². The first-order valence-electron chi connectivity index (χ1n) is 7.02. The Morgan fingerprint density at radius 2 is 2.27 bits per heavy atom. The molecule has 0 bridgehead atoms. The number of fused-ring (bicyclic) bond motifs is 1. The van der Waals surface area contributed by atoms with E-state index in [1.165, 1.54) is 11.3 Å². The molecule has 1 aromatic carbocycles. The van der Waals surface area contributed by atoms with E-state index in [4.69, 9.17) is 10.00 Å². The molecule has 0 unspecified atom stereocenters. The largest absolute Gasteiger partial charge is 0.490 e. The van der Waals surface area contributed by atoms with Gasteiger partial charge < -0.3 is 15.0 Å². The maximum atomic E-state index is 12.1. The Morgan fingerprint density at radius 1 is 1.41 bits per heavy atom. The van der Waals surface area contributed by atoms with Crippen molar-refractivity contribution < 1.29 is 9.53 Å². The molecule has 0 spiro atoms. The van der Waals surface area contributed by atoms with Crippen molar-refractivity contribution in [3.8, 4) is 11.8 Å². The highest BCUT2D eigenvalue weighted by Gasteiger charge is 2.18. The Kier molecular flexibility index (Phi) is 4.26. The summed E-state index contributed by atoms with van der Waals surface area (Å²) in [5, 5.41) is 14.2. The number of nitrogens with zero attached hydrogens (tertiary/aromatic N) is 2. The number of anilines is 2. The predicted octanol–water partition coefficient (Wildman–Crippen LogP) is 2.85. The fourth-order valence-electron chi connectivity index (χ4n) is 2.38. The summed E-state index contributed by atoms with van der Waals surface area (Å²) in [5.41, 5.74) is 1.53. The highest BCUT2D eigenvalue weighted by molar-refractivity contribution is 7.14. The first-order chi connectivity index (χ1) is 10.8. The van der Waals surface area contributed by atoms with Crippen LogP contribution < -0.4 is 15.0 Å². The van der Waals surface area contributed by atoms with Crippen LogP contribution in [0.3, 0.4) is 0 Å². The van der Waals surface area contributed by atoms with E-state index in [1.54, 1.807) is 11.4 Å². The number of para-hydroxylation sites is 2. The Hall–Kier alpha value is -2.52. The third-order valence-electron chi connectivity index (χ3n) is 3.47. The fraction of sp³-hybridized carbons (Fsp3) is 0.250. The lowest BCUT2D eigenvalue weighted by Gasteiger charge is -2.30. The Labute approximate surface area is 132 Å². The Bertz CT molecular complexity index is 720. The minimum Gasteiger partial charge on any atom is -0.490 e. The van der Waals surface area contributed by atoms with Crippen LogP contribution in [0.15, 0.2) is 35.7 Å². The fourth-order valence-corrected chi connectivity index (χ4v) is 3.13. The maximum Gasteiger partial charge on any atom is 0.226 e. The van der Waals surface area contributed by atoms with Crippen molar-refractivity contribution in [1.82, 2.24) is 0 Å². The first-order valence-corrected chi connectivity index (χ1v) is 7.90. The molecule has 1 N–H and O–H groups in total. The molecule has 5 nitrogen and oxygen atoms in total. The molecule has 3 rings (SSSR count). The van der Waals surface area contributed by atoms with Gasteiger partial charge in [0.05, 0.1) is 17.8 Å². The lowest BCUT2D eigenvalue weighted by atomic mass is 10.2. The van der Waals surface area contributed by atoms with E-state index in [1.807, 2.05) is 24.3 Å². The van der Waals surface area contributed by atoms with E-state index in [-0.39, 0.29) is 5.91 Å². The summed E-state index contributed by atoms with van der Waals surface area (Å²) < 4.78 is 5.60. The highest BCUT2D eigenvalue weighted by atomic mass is 32.1. The summed E-state index contributed by atoms with van der Waals surface area (Å²) >= 11 is 1.36. The van der Waals surface area contributed by atoms with Crippen molar-refractivity contribution in [2.45, 2.75) is 6.42 Å². The van der Waals surface area contributed by atoms with Crippen LogP contribution in [-0.4, -0.2) is 25.6 Å². The first kappa shape index (κ1) is 14.4. The van der Waals surface area contributed by atoms with E-state index in [0.29, 0.717) is 30.1 Å². The topological polar surface area (TPSA) is 65.4 Å². The predicted molar refractivity (Wildman–Crippen MR) is 86.4 cm³/mol. The van der Waals surface area contributed by atoms with Crippen molar-refractivity contribution in [3.05, 3.63) is 41.3 Å². The molecular formula is C16H15N3O2S. The summed E-state index contributed by atoms with van der Waals surface area (Å²) in [6.45, 7) is 2.02. The van der Waals surface area contributed by atoms with Crippen LogP contribution in [0.1, 0.15) is 12.0 Å². The number of rotatable bonds is 4. The van der Waals surface area contributed by atoms with Crippen LogP contribution in [0.4, 0.5) is 10.7 Å². The van der Waals surface area contributed by atoms with Gasteiger partial charge in [-0.25, -0.2) is 0 Å². The lowest BCUT2D eigenvalue weighted by Crippen LogP contribution is -2.35. The monoisotopic (exact) mass is 313 g/mol. The number of hydrogen-bond donors (Lipinski definition) is 1. The van der Waals surface area contributed by atoms with Gasteiger partial charge in [-0.2, -0.15) is 5.26 Å². The number of benzene rings is 1. The zero-order chi connectivity index (χ0) is 15.4. The Morgan fingerprint density at radius 3 is 3.14 bits per heavy atom. The zero-order valence-corrected chi connectivity index (χ0v) is 12.7. The van der Waals surface area contributed by atoms with Crippen molar-refractivity contribution >= 4 is 27.9 Å². The van der Waals surface area contributed by atoms with E-state index >= 15 is 0 Å². The SMILES string of the molecule is N#Cc1ccsc1NC(=O)CCN1CCOc2ccccc21. The van der Waals surface area contributed by atoms with Gasteiger partial charge in [0.1, 0.15) is 23.4 Å². The molecule has 1 aliphatic rings. The summed E-state index contributed by atoms with van der Waals surface area (Å²) in [7, 11) is 0. The molecule has 0 saturated carbocycles. The minimum atomic E-state index is -0.0806. The smallest absolute Gasteiger partial charge is 0.226 e. The highest BCUT2D eigenvalue weighted by Crippen LogP contribution is 2.31. The maximum absolute atomic E-state index is 12.1. The van der Waals surface area contributed by atoms with Crippen molar-refractivity contribution in [2.24, 2.45) is 0 Å². The Balaban J connectivity index is 1.59. The normalized spacial score (nSPS) is 13.0. The molecule has 6 heteroatoms. The van der Waals surface area contributed by atoms with E-state index in [9.17, 15) is 4.79 Å². The van der Waals surface area contributed by atoms with Crippen LogP contribution in [0.2, 0.25) is 0 Å². The third kappa shape index (κ3) is 3.05. The molecule has 2 heterocycles. The van der Waals surface area contributed by atoms with Crippen LogP contribution in [0.25, 0.3) is 0 Å². The molecule has 112 valence electrons. The number of thiophene rings is 1. The summed E-state index contributed by atoms with van der Waals surface area (Å²) in [4.78, 5) is 14.2. The summed E-state index contributed by atoms with van der Waals surface area (Å²) in [6, 6.07) is 11.6. The van der Waals surface area contributed by atoms with Gasteiger partial charge in [0.25, 0.3) is 0 Å². The molecule has 22 heavy (non-hydrogen) atoms. The number of carbonyl (C=O) groups excluding carboxylic acids is 1. The average molecular weight is 313 g/mol. The van der Waals surface area contributed by atoms with Crippen molar-refractivity contribution in [3.63, 3.8) is 0 Å². The molecule has 0 saturated heterocycles. The quantitative estimate of drug-likeness (QED) is 0.942. The number of nitrogens with one attached hydrogen (secondary N) is 1. The minimum absolute atomic E-state index is 0.0806. The van der Waals surface area contributed by atoms with Gasteiger partial charge in [-0.3, -0.25) is 4.79 Å². The van der Waals surface area contributed by atoms with Gasteiger partial charge in [0.15, 0.2) is 0 Å². The molecule has 1 aliphatic heterocycles. The number of nitriles is 1. The van der Waals surface area contributed by atoms with E-state index in [0.717, 1.165) is 18.0 Å². The number of carbonyl (C=O) groups is 1. The standard InChI is InChI=1S/C16H15N3O2S/c17-11-12-6-10-22-16(12)18-15(20)5-7-19-8-9-21-14-4-2-1-3-13(14)19/h1-4,6,10H,5,7-9H2,(H,18,20). The number of hydrogen-bond acceptors (Lipinski definition) is 5. The van der Waals surface area contributed by atoms with Gasteiger partial charge in [-0.15, -0.1) is 11.3 Å². The number of ether oxygens (including phenoxy) is 1. The molecule has 0 aliphatic carbocycles. The molecule has 0 radical (unpaired) electrons. The van der Waals surface area contributed by atoms with Gasteiger partial charge >= 0.3 is 0 Å². The zero-order valence-electron chi connectivity index (χ0n) is 11.9. The van der Waals surface area contributed by atoms with Crippen LogP contribution >= 0.6 is 11.3 Å². The third-order valence-corrected chi connectivity index (χ3v) is 4.30. The van der Waals surface area contributed by atoms with E-state index in [2.05, 4.69) is 16.3 Å². The van der Waals surface area contributed by atoms with Crippen LogP contribution in [0.5, 0.6) is 5.75 Å². The average Bonchev–Trinajstić information content (AvgIpc) is 3.00. The molecule has 2 aromatic rings. The number of amides is 1. The van der Waals surface area contributed by atoms with Crippen molar-refractivity contribution in [1.29, 1.82) is 5.26 Å².